The third-order valence-corrected chi connectivity index (χ3v) is 5.64. The standard InChI is InChI=1S/C16H23ClN2O6S/c1-4-5-6-9-18-15(20)11-25-16(21)12-7-8-13(17)14(10-12)26(22,23)19(2)24-3/h7-8,10H,4-6,9,11H2,1-3H3,(H,18,20). The fourth-order valence-corrected chi connectivity index (χ4v) is 3.41. The Morgan fingerprint density at radius 2 is 1.96 bits per heavy atom. The predicted octanol–water partition coefficient (Wildman–Crippen LogP) is 1.99. The van der Waals surface area contributed by atoms with Crippen molar-refractivity contribution in [2.75, 3.05) is 27.3 Å². The third-order valence-electron chi connectivity index (χ3n) is 3.48. The highest BCUT2D eigenvalue weighted by molar-refractivity contribution is 7.89. The zero-order chi connectivity index (χ0) is 19.7. The first-order valence-electron chi connectivity index (χ1n) is 8.00. The highest BCUT2D eigenvalue weighted by Gasteiger charge is 2.25. The number of hydroxylamine groups is 1. The van der Waals surface area contributed by atoms with Crippen LogP contribution in [-0.4, -0.2) is 52.1 Å². The number of rotatable bonds is 10. The van der Waals surface area contributed by atoms with Gasteiger partial charge in [-0.3, -0.25) is 9.63 Å². The van der Waals surface area contributed by atoms with E-state index >= 15 is 0 Å². The van der Waals surface area contributed by atoms with Crippen LogP contribution in [-0.2, 0) is 24.4 Å². The van der Waals surface area contributed by atoms with Crippen molar-refractivity contribution < 1.29 is 27.6 Å². The molecule has 10 heteroatoms. The third kappa shape index (κ3) is 6.24. The van der Waals surface area contributed by atoms with Crippen molar-refractivity contribution >= 4 is 33.5 Å². The Morgan fingerprint density at radius 1 is 1.27 bits per heavy atom. The Kier molecular flexibility index (Phi) is 9.00. The first kappa shape index (κ1) is 22.4. The van der Waals surface area contributed by atoms with Crippen LogP contribution in [0.2, 0.25) is 5.02 Å². The Labute approximate surface area is 158 Å². The minimum Gasteiger partial charge on any atom is -0.452 e. The van der Waals surface area contributed by atoms with Gasteiger partial charge in [0.15, 0.2) is 6.61 Å². The maximum absolute atomic E-state index is 12.3. The summed E-state index contributed by atoms with van der Waals surface area (Å²) in [6, 6.07) is 3.66. The van der Waals surface area contributed by atoms with Crippen LogP contribution < -0.4 is 5.32 Å². The number of benzene rings is 1. The minimum absolute atomic E-state index is 0.0451. The number of unbranched alkanes of at least 4 members (excludes halogenated alkanes) is 2. The van der Waals surface area contributed by atoms with Gasteiger partial charge in [-0.25, -0.2) is 13.2 Å². The topological polar surface area (TPSA) is 102 Å². The van der Waals surface area contributed by atoms with E-state index in [1.54, 1.807) is 0 Å². The largest absolute Gasteiger partial charge is 0.452 e. The summed E-state index contributed by atoms with van der Waals surface area (Å²) in [6.07, 6.45) is 2.88. The van der Waals surface area contributed by atoms with Crippen LogP contribution in [0.5, 0.6) is 0 Å². The van der Waals surface area contributed by atoms with Crippen LogP contribution in [0.1, 0.15) is 36.5 Å². The molecule has 1 aromatic rings. The predicted molar refractivity (Wildman–Crippen MR) is 96.2 cm³/mol. The summed E-state index contributed by atoms with van der Waals surface area (Å²) in [6.45, 7) is 2.11. The second kappa shape index (κ2) is 10.5. The van der Waals surface area contributed by atoms with Crippen LogP contribution in [0.15, 0.2) is 23.1 Å². The summed E-state index contributed by atoms with van der Waals surface area (Å²) in [5.74, 6) is -1.25. The van der Waals surface area contributed by atoms with Gasteiger partial charge in [0.2, 0.25) is 0 Å². The molecule has 0 bridgehead atoms. The lowest BCUT2D eigenvalue weighted by molar-refractivity contribution is -0.124. The lowest BCUT2D eigenvalue weighted by Gasteiger charge is -2.15. The summed E-state index contributed by atoms with van der Waals surface area (Å²) >= 11 is 5.92. The zero-order valence-electron chi connectivity index (χ0n) is 15.0. The van der Waals surface area contributed by atoms with Crippen LogP contribution in [0.3, 0.4) is 0 Å². The fraction of sp³-hybridized carbons (Fsp3) is 0.500. The molecule has 1 amide bonds. The van der Waals surface area contributed by atoms with Crippen LogP contribution in [0.4, 0.5) is 0 Å². The van der Waals surface area contributed by atoms with Crippen molar-refractivity contribution in [2.24, 2.45) is 0 Å². The number of hydrogen-bond donors (Lipinski definition) is 1. The molecule has 0 saturated carbocycles. The second-order valence-corrected chi connectivity index (χ2v) is 7.69. The summed E-state index contributed by atoms with van der Waals surface area (Å²) in [5, 5.41) is 2.56. The summed E-state index contributed by atoms with van der Waals surface area (Å²) in [7, 11) is -1.66. The van der Waals surface area contributed by atoms with Gasteiger partial charge in [0.1, 0.15) is 4.90 Å². The fourth-order valence-electron chi connectivity index (χ4n) is 1.93. The molecule has 0 saturated heterocycles. The smallest absolute Gasteiger partial charge is 0.338 e. The van der Waals surface area contributed by atoms with Crippen molar-refractivity contribution in [1.82, 2.24) is 9.79 Å². The quantitative estimate of drug-likeness (QED) is 0.362. The van der Waals surface area contributed by atoms with Gasteiger partial charge in [-0.1, -0.05) is 35.8 Å². The van der Waals surface area contributed by atoms with Crippen molar-refractivity contribution in [2.45, 2.75) is 31.1 Å². The molecule has 0 atom stereocenters. The second-order valence-electron chi connectivity index (χ2n) is 5.38. The van der Waals surface area contributed by atoms with Crippen molar-refractivity contribution in [3.63, 3.8) is 0 Å². The van der Waals surface area contributed by atoms with Crippen molar-refractivity contribution in [3.8, 4) is 0 Å². The molecule has 0 heterocycles. The lowest BCUT2D eigenvalue weighted by atomic mass is 10.2. The van der Waals surface area contributed by atoms with Crippen LogP contribution in [0.25, 0.3) is 0 Å². The van der Waals surface area contributed by atoms with Gasteiger partial charge in [0.05, 0.1) is 17.7 Å². The number of halogens is 1. The molecule has 1 N–H and O–H groups in total. The van der Waals surface area contributed by atoms with Crippen molar-refractivity contribution in [1.29, 1.82) is 0 Å². The number of nitrogens with zero attached hydrogens (tertiary/aromatic N) is 1. The van der Waals surface area contributed by atoms with Crippen LogP contribution >= 0.6 is 11.6 Å². The molecule has 0 aliphatic heterocycles. The number of esters is 1. The molecule has 0 radical (unpaired) electrons. The molecule has 0 spiro atoms. The summed E-state index contributed by atoms with van der Waals surface area (Å²) in [5.41, 5.74) is -0.0451. The molecule has 0 aliphatic rings. The molecular weight excluding hydrogens is 384 g/mol. The normalized spacial score (nSPS) is 11.4. The highest BCUT2D eigenvalue weighted by Crippen LogP contribution is 2.25. The van der Waals surface area contributed by atoms with E-state index < -0.39 is 28.5 Å². The Bertz CT molecular complexity index is 738. The number of nitrogens with one attached hydrogen (secondary N) is 1. The van der Waals surface area contributed by atoms with E-state index in [0.29, 0.717) is 11.0 Å². The van der Waals surface area contributed by atoms with E-state index in [-0.39, 0.29) is 15.5 Å². The van der Waals surface area contributed by atoms with Gasteiger partial charge in [-0.05, 0) is 24.6 Å². The number of ether oxygens (including phenoxy) is 1. The maximum Gasteiger partial charge on any atom is 0.338 e. The van der Waals surface area contributed by atoms with E-state index in [1.807, 2.05) is 0 Å². The molecule has 0 unspecified atom stereocenters. The van der Waals surface area contributed by atoms with Crippen molar-refractivity contribution in [3.05, 3.63) is 28.8 Å². The van der Waals surface area contributed by atoms with E-state index in [1.165, 1.54) is 26.3 Å². The highest BCUT2D eigenvalue weighted by atomic mass is 35.5. The average Bonchev–Trinajstić information content (AvgIpc) is 2.62. The molecule has 1 aromatic carbocycles. The first-order valence-corrected chi connectivity index (χ1v) is 9.82. The summed E-state index contributed by atoms with van der Waals surface area (Å²) in [4.78, 5) is 28.1. The molecule has 1 rings (SSSR count). The number of sulfonamides is 1. The monoisotopic (exact) mass is 406 g/mol. The molecule has 0 aromatic heterocycles. The van der Waals surface area contributed by atoms with Crippen LogP contribution in [0, 0.1) is 0 Å². The molecule has 8 nitrogen and oxygen atoms in total. The van der Waals surface area contributed by atoms with Gasteiger partial charge in [-0.15, -0.1) is 0 Å². The summed E-state index contributed by atoms with van der Waals surface area (Å²) < 4.78 is 30.1. The Balaban J connectivity index is 2.76. The molecule has 0 aliphatic carbocycles. The number of amides is 1. The average molecular weight is 407 g/mol. The van der Waals surface area contributed by atoms with Gasteiger partial charge in [0, 0.05) is 13.6 Å². The molecule has 26 heavy (non-hydrogen) atoms. The van der Waals surface area contributed by atoms with Gasteiger partial charge in [-0.2, -0.15) is 0 Å². The maximum atomic E-state index is 12.3. The number of carbonyl (C=O) groups excluding carboxylic acids is 2. The van der Waals surface area contributed by atoms with Gasteiger partial charge >= 0.3 is 5.97 Å². The lowest BCUT2D eigenvalue weighted by Crippen LogP contribution is -2.29. The molecular formula is C16H23ClN2O6S. The van der Waals surface area contributed by atoms with E-state index in [2.05, 4.69) is 17.1 Å². The Hall–Kier alpha value is -1.68. The SMILES string of the molecule is CCCCCNC(=O)COC(=O)c1ccc(Cl)c(S(=O)(=O)N(C)OC)c1. The minimum atomic E-state index is -4.03. The van der Waals surface area contributed by atoms with E-state index in [4.69, 9.17) is 16.3 Å². The number of carbonyl (C=O) groups is 2. The Morgan fingerprint density at radius 3 is 2.58 bits per heavy atom. The van der Waals surface area contributed by atoms with E-state index in [9.17, 15) is 18.0 Å². The van der Waals surface area contributed by atoms with Gasteiger partial charge in [0.25, 0.3) is 15.9 Å². The molecule has 146 valence electrons. The molecule has 0 fully saturated rings. The first-order chi connectivity index (χ1) is 12.2. The number of hydrogen-bond acceptors (Lipinski definition) is 6. The van der Waals surface area contributed by atoms with E-state index in [0.717, 1.165) is 25.3 Å². The zero-order valence-corrected chi connectivity index (χ0v) is 16.5. The van der Waals surface area contributed by atoms with Gasteiger partial charge < -0.3 is 10.1 Å².